The number of carbonyl (C=O) groups is 2. The third-order valence-electron chi connectivity index (χ3n) is 4.56. The summed E-state index contributed by atoms with van der Waals surface area (Å²) in [7, 11) is 0. The lowest BCUT2D eigenvalue weighted by atomic mass is 10.1. The molecule has 0 saturated heterocycles. The quantitative estimate of drug-likeness (QED) is 0.286. The second-order valence-electron chi connectivity index (χ2n) is 6.98. The monoisotopic (exact) mass is 434 g/mol. The summed E-state index contributed by atoms with van der Waals surface area (Å²) in [6.07, 6.45) is 0. The van der Waals surface area contributed by atoms with Crippen molar-refractivity contribution >= 4 is 23.3 Å². The first-order valence-corrected chi connectivity index (χ1v) is 9.87. The summed E-state index contributed by atoms with van der Waals surface area (Å²) in [6, 6.07) is 22.6. The number of carbonyl (C=O) groups excluding carboxylic acids is 2. The largest absolute Gasteiger partial charge is 0.475 e. The van der Waals surface area contributed by atoms with E-state index in [-0.39, 0.29) is 11.4 Å². The summed E-state index contributed by atoms with van der Waals surface area (Å²) in [4.78, 5) is 36.9. The van der Waals surface area contributed by atoms with Crippen molar-refractivity contribution in [1.82, 2.24) is 0 Å². The number of anilines is 1. The smallest absolute Gasteiger partial charge is 0.344 e. The van der Waals surface area contributed by atoms with Crippen LogP contribution in [0.2, 0.25) is 0 Å². The molecule has 0 aliphatic carbocycles. The van der Waals surface area contributed by atoms with E-state index in [0.717, 1.165) is 11.1 Å². The van der Waals surface area contributed by atoms with Crippen LogP contribution in [0.1, 0.15) is 11.1 Å². The summed E-state index contributed by atoms with van der Waals surface area (Å²) in [6.45, 7) is 1.20. The number of aryl methyl sites for hydroxylation is 1. The van der Waals surface area contributed by atoms with Crippen LogP contribution in [0.15, 0.2) is 78.9 Å². The SMILES string of the molecule is Cc1cccc(N(Cc2ccccc2)C(=O)COC(=O)COc2ccccc2[N+](=O)[O-])c1. The van der Waals surface area contributed by atoms with E-state index in [1.807, 2.05) is 61.5 Å². The molecular weight excluding hydrogens is 412 g/mol. The molecule has 0 spiro atoms. The lowest BCUT2D eigenvalue weighted by molar-refractivity contribution is -0.385. The Morgan fingerprint density at radius 3 is 2.38 bits per heavy atom. The maximum atomic E-state index is 12.9. The number of nitro groups is 1. The molecule has 3 aromatic rings. The zero-order valence-electron chi connectivity index (χ0n) is 17.5. The number of nitro benzene ring substituents is 1. The molecule has 0 atom stereocenters. The standard InChI is InChI=1S/C24H22N2O6/c1-18-8-7-11-20(14-18)25(15-19-9-3-2-4-10-19)23(27)16-32-24(28)17-31-22-13-6-5-12-21(22)26(29)30/h2-14H,15-17H2,1H3. The van der Waals surface area contributed by atoms with Crippen molar-refractivity contribution in [3.05, 3.63) is 100 Å². The fraction of sp³-hybridized carbons (Fsp3) is 0.167. The van der Waals surface area contributed by atoms with Gasteiger partial charge in [-0.1, -0.05) is 54.6 Å². The highest BCUT2D eigenvalue weighted by Crippen LogP contribution is 2.25. The Hall–Kier alpha value is -4.20. The minimum atomic E-state index is -0.805. The highest BCUT2D eigenvalue weighted by molar-refractivity contribution is 5.95. The van der Waals surface area contributed by atoms with Crippen LogP contribution in [-0.2, 0) is 20.9 Å². The number of benzene rings is 3. The van der Waals surface area contributed by atoms with Gasteiger partial charge in [-0.2, -0.15) is 0 Å². The van der Waals surface area contributed by atoms with Crippen molar-refractivity contribution in [3.8, 4) is 5.75 Å². The molecule has 8 heteroatoms. The normalized spacial score (nSPS) is 10.3. The van der Waals surface area contributed by atoms with Crippen LogP contribution in [0.3, 0.4) is 0 Å². The van der Waals surface area contributed by atoms with Gasteiger partial charge in [0.15, 0.2) is 19.0 Å². The molecule has 0 unspecified atom stereocenters. The molecule has 0 saturated carbocycles. The Labute approximate surface area is 185 Å². The fourth-order valence-corrected chi connectivity index (χ4v) is 3.01. The van der Waals surface area contributed by atoms with Crippen molar-refractivity contribution in [2.45, 2.75) is 13.5 Å². The number of para-hydroxylation sites is 2. The summed E-state index contributed by atoms with van der Waals surface area (Å²) in [5, 5.41) is 11.0. The van der Waals surface area contributed by atoms with Gasteiger partial charge in [0.1, 0.15) is 0 Å². The molecule has 0 fully saturated rings. The molecule has 3 rings (SSSR count). The van der Waals surface area contributed by atoms with Crippen molar-refractivity contribution in [2.75, 3.05) is 18.1 Å². The summed E-state index contributed by atoms with van der Waals surface area (Å²) in [5.74, 6) is -1.26. The molecule has 1 amide bonds. The number of hydrogen-bond acceptors (Lipinski definition) is 6. The average Bonchev–Trinajstić information content (AvgIpc) is 2.80. The van der Waals surface area contributed by atoms with Crippen LogP contribution in [0, 0.1) is 17.0 Å². The van der Waals surface area contributed by atoms with Crippen LogP contribution in [-0.4, -0.2) is 30.0 Å². The highest BCUT2D eigenvalue weighted by atomic mass is 16.6. The maximum absolute atomic E-state index is 12.9. The van der Waals surface area contributed by atoms with Gasteiger partial charge in [0.05, 0.1) is 11.5 Å². The zero-order valence-corrected chi connectivity index (χ0v) is 17.5. The first-order valence-electron chi connectivity index (χ1n) is 9.87. The van der Waals surface area contributed by atoms with Gasteiger partial charge in [-0.15, -0.1) is 0 Å². The third kappa shape index (κ3) is 6.15. The lowest BCUT2D eigenvalue weighted by Gasteiger charge is -2.23. The topological polar surface area (TPSA) is 99.0 Å². The van der Waals surface area contributed by atoms with Gasteiger partial charge in [-0.3, -0.25) is 14.9 Å². The van der Waals surface area contributed by atoms with E-state index in [1.54, 1.807) is 11.0 Å². The molecule has 0 aromatic heterocycles. The molecule has 0 aliphatic rings. The number of amides is 1. The highest BCUT2D eigenvalue weighted by Gasteiger charge is 2.20. The molecule has 164 valence electrons. The van der Waals surface area contributed by atoms with Crippen LogP contribution in [0.4, 0.5) is 11.4 Å². The molecule has 0 radical (unpaired) electrons. The lowest BCUT2D eigenvalue weighted by Crippen LogP contribution is -2.35. The number of esters is 1. The van der Waals surface area contributed by atoms with Gasteiger partial charge >= 0.3 is 11.7 Å². The zero-order chi connectivity index (χ0) is 22.9. The minimum absolute atomic E-state index is 0.0498. The van der Waals surface area contributed by atoms with E-state index in [2.05, 4.69) is 0 Å². The number of hydrogen-bond donors (Lipinski definition) is 0. The maximum Gasteiger partial charge on any atom is 0.344 e. The first kappa shape index (κ1) is 22.5. The Balaban J connectivity index is 1.63. The Kier molecular flexibility index (Phi) is 7.53. The Bertz CT molecular complexity index is 1100. The van der Waals surface area contributed by atoms with Gasteiger partial charge < -0.3 is 14.4 Å². The molecule has 0 bridgehead atoms. The van der Waals surface area contributed by atoms with Crippen molar-refractivity contribution in [3.63, 3.8) is 0 Å². The van der Waals surface area contributed by atoms with Crippen LogP contribution in [0.25, 0.3) is 0 Å². The van der Waals surface area contributed by atoms with Crippen LogP contribution in [0.5, 0.6) is 5.75 Å². The molecule has 3 aromatic carbocycles. The second kappa shape index (κ2) is 10.7. The molecule has 8 nitrogen and oxygen atoms in total. The van der Waals surface area contributed by atoms with Gasteiger partial charge in [0.2, 0.25) is 0 Å². The second-order valence-corrected chi connectivity index (χ2v) is 6.98. The minimum Gasteiger partial charge on any atom is -0.475 e. The van der Waals surface area contributed by atoms with E-state index in [9.17, 15) is 19.7 Å². The number of rotatable bonds is 9. The summed E-state index contributed by atoms with van der Waals surface area (Å²) < 4.78 is 10.3. The molecule has 32 heavy (non-hydrogen) atoms. The third-order valence-corrected chi connectivity index (χ3v) is 4.56. The van der Waals surface area contributed by atoms with E-state index >= 15 is 0 Å². The van der Waals surface area contributed by atoms with Crippen molar-refractivity contribution in [1.29, 1.82) is 0 Å². The Morgan fingerprint density at radius 1 is 0.938 bits per heavy atom. The van der Waals surface area contributed by atoms with Gasteiger partial charge in [0.25, 0.3) is 5.91 Å². The molecule has 0 aliphatic heterocycles. The van der Waals surface area contributed by atoms with E-state index in [0.29, 0.717) is 12.2 Å². The van der Waals surface area contributed by atoms with Crippen LogP contribution >= 0.6 is 0 Å². The van der Waals surface area contributed by atoms with Crippen molar-refractivity contribution in [2.24, 2.45) is 0 Å². The fourth-order valence-electron chi connectivity index (χ4n) is 3.01. The average molecular weight is 434 g/mol. The first-order chi connectivity index (χ1) is 15.4. The van der Waals surface area contributed by atoms with E-state index in [4.69, 9.17) is 9.47 Å². The number of ether oxygens (including phenoxy) is 2. The van der Waals surface area contributed by atoms with Crippen LogP contribution < -0.4 is 9.64 Å². The van der Waals surface area contributed by atoms with Gasteiger partial charge in [-0.05, 0) is 36.2 Å². The summed E-state index contributed by atoms with van der Waals surface area (Å²) >= 11 is 0. The molecule has 0 heterocycles. The van der Waals surface area contributed by atoms with Gasteiger partial charge in [-0.25, -0.2) is 4.79 Å². The van der Waals surface area contributed by atoms with E-state index < -0.39 is 30.0 Å². The molecule has 0 N–H and O–H groups in total. The number of nitrogens with zero attached hydrogens (tertiary/aromatic N) is 2. The molecular formula is C24H22N2O6. The Morgan fingerprint density at radius 2 is 1.66 bits per heavy atom. The summed E-state index contributed by atoms with van der Waals surface area (Å²) in [5.41, 5.74) is 2.34. The van der Waals surface area contributed by atoms with Gasteiger partial charge in [0, 0.05) is 11.8 Å². The van der Waals surface area contributed by atoms with Crippen molar-refractivity contribution < 1.29 is 24.0 Å². The predicted molar refractivity (Wildman–Crippen MR) is 118 cm³/mol. The predicted octanol–water partition coefficient (Wildman–Crippen LogP) is 4.06. The van der Waals surface area contributed by atoms with E-state index in [1.165, 1.54) is 18.2 Å².